The number of pyridine rings is 1. The molecule has 0 aromatic carbocycles. The molecule has 0 fully saturated rings. The highest BCUT2D eigenvalue weighted by atomic mass is 32.1. The maximum atomic E-state index is 11.0. The normalized spacial score (nSPS) is 9.90. The molecule has 0 radical (unpaired) electrons. The van der Waals surface area contributed by atoms with Gasteiger partial charge in [0, 0.05) is 18.6 Å². The van der Waals surface area contributed by atoms with Crippen LogP contribution in [0.5, 0.6) is 0 Å². The van der Waals surface area contributed by atoms with Crippen LogP contribution in [0.2, 0.25) is 0 Å². The van der Waals surface area contributed by atoms with Crippen LogP contribution < -0.4 is 4.73 Å². The van der Waals surface area contributed by atoms with Gasteiger partial charge in [-0.05, 0) is 13.0 Å². The number of rotatable bonds is 0. The average molecular weight is 155 g/mol. The van der Waals surface area contributed by atoms with Crippen molar-refractivity contribution in [2.45, 2.75) is 18.9 Å². The summed E-state index contributed by atoms with van der Waals surface area (Å²) in [6, 6.07) is 3.66. The third-order valence-electron chi connectivity index (χ3n) is 1.44. The Hall–Kier alpha value is -0.700. The van der Waals surface area contributed by atoms with Crippen molar-refractivity contribution in [3.05, 3.63) is 28.6 Å². The van der Waals surface area contributed by atoms with Gasteiger partial charge in [-0.1, -0.05) is 12.6 Å². The molecule has 1 aromatic rings. The van der Waals surface area contributed by atoms with Crippen molar-refractivity contribution in [2.24, 2.45) is 0 Å². The summed E-state index contributed by atoms with van der Waals surface area (Å²) in [7, 11) is 0. The number of aromatic nitrogens is 1. The van der Waals surface area contributed by atoms with Crippen LogP contribution in [0.3, 0.4) is 0 Å². The van der Waals surface area contributed by atoms with Gasteiger partial charge in [-0.25, -0.2) is 0 Å². The van der Waals surface area contributed by atoms with E-state index in [0.29, 0.717) is 10.7 Å². The maximum absolute atomic E-state index is 11.0. The van der Waals surface area contributed by atoms with Crippen LogP contribution in [-0.2, 0) is 0 Å². The molecule has 0 aliphatic rings. The fourth-order valence-corrected chi connectivity index (χ4v) is 0.947. The maximum Gasteiger partial charge on any atom is 0.251 e. The summed E-state index contributed by atoms with van der Waals surface area (Å²) >= 11 is 4.03. The fraction of sp³-hybridized carbons (Fsp3) is 0.286. The van der Waals surface area contributed by atoms with Crippen LogP contribution in [0.1, 0.15) is 11.3 Å². The van der Waals surface area contributed by atoms with Crippen LogP contribution in [0.4, 0.5) is 0 Å². The minimum atomic E-state index is 0.486. The average Bonchev–Trinajstić information content (AvgIpc) is 1.93. The summed E-state index contributed by atoms with van der Waals surface area (Å²) in [5, 5.41) is 11.5. The van der Waals surface area contributed by atoms with Crippen molar-refractivity contribution in [2.75, 3.05) is 0 Å². The van der Waals surface area contributed by atoms with Crippen LogP contribution in [0.15, 0.2) is 17.2 Å². The quantitative estimate of drug-likeness (QED) is 0.340. The van der Waals surface area contributed by atoms with Gasteiger partial charge in [0.2, 0.25) is 0 Å². The van der Waals surface area contributed by atoms with Crippen LogP contribution in [-0.4, -0.2) is 0 Å². The Morgan fingerprint density at radius 2 is 2.00 bits per heavy atom. The van der Waals surface area contributed by atoms with Crippen molar-refractivity contribution in [1.82, 2.24) is 0 Å². The molecule has 1 aromatic heterocycles. The van der Waals surface area contributed by atoms with Gasteiger partial charge in [0.25, 0.3) is 5.03 Å². The van der Waals surface area contributed by atoms with Gasteiger partial charge in [-0.2, -0.15) is 4.73 Å². The first kappa shape index (κ1) is 7.41. The molecule has 54 valence electrons. The van der Waals surface area contributed by atoms with E-state index in [0.717, 1.165) is 10.3 Å². The van der Waals surface area contributed by atoms with Gasteiger partial charge in [0.05, 0.1) is 0 Å². The molecule has 0 aliphatic heterocycles. The molecule has 3 heteroatoms. The van der Waals surface area contributed by atoms with Crippen molar-refractivity contribution >= 4 is 12.6 Å². The zero-order valence-corrected chi connectivity index (χ0v) is 6.85. The van der Waals surface area contributed by atoms with Gasteiger partial charge in [0.1, 0.15) is 0 Å². The lowest BCUT2D eigenvalue weighted by atomic mass is 10.3. The van der Waals surface area contributed by atoms with E-state index in [2.05, 4.69) is 12.6 Å². The summed E-state index contributed by atoms with van der Waals surface area (Å²) in [4.78, 5) is 0. The molecule has 0 spiro atoms. The van der Waals surface area contributed by atoms with Crippen molar-refractivity contribution < 1.29 is 4.73 Å². The van der Waals surface area contributed by atoms with Gasteiger partial charge in [-0.15, -0.1) is 0 Å². The van der Waals surface area contributed by atoms with Crippen LogP contribution in [0, 0.1) is 19.1 Å². The lowest BCUT2D eigenvalue weighted by Crippen LogP contribution is -2.32. The molecule has 0 saturated heterocycles. The van der Waals surface area contributed by atoms with Crippen molar-refractivity contribution in [3.63, 3.8) is 0 Å². The van der Waals surface area contributed by atoms with E-state index in [-0.39, 0.29) is 0 Å². The largest absolute Gasteiger partial charge is 0.618 e. The number of hydrogen-bond acceptors (Lipinski definition) is 2. The van der Waals surface area contributed by atoms with E-state index in [1.54, 1.807) is 13.0 Å². The van der Waals surface area contributed by atoms with Crippen molar-refractivity contribution in [3.8, 4) is 0 Å². The predicted molar refractivity (Wildman–Crippen MR) is 42.1 cm³/mol. The van der Waals surface area contributed by atoms with E-state index in [1.807, 2.05) is 13.0 Å². The molecule has 10 heavy (non-hydrogen) atoms. The van der Waals surface area contributed by atoms with E-state index >= 15 is 0 Å². The molecule has 0 N–H and O–H groups in total. The van der Waals surface area contributed by atoms with Crippen LogP contribution in [0.25, 0.3) is 0 Å². The first-order valence-corrected chi connectivity index (χ1v) is 3.46. The molecule has 0 aliphatic carbocycles. The minimum absolute atomic E-state index is 0.486. The lowest BCUT2D eigenvalue weighted by Gasteiger charge is -2.03. The summed E-state index contributed by atoms with van der Waals surface area (Å²) in [5.41, 5.74) is 1.58. The predicted octanol–water partition coefficient (Wildman–Crippen LogP) is 1.23. The SMILES string of the molecule is Cc1ccc(C)[n+]([O-])c1S. The van der Waals surface area contributed by atoms with E-state index in [4.69, 9.17) is 0 Å². The number of hydrogen-bond donors (Lipinski definition) is 1. The fourth-order valence-electron chi connectivity index (χ4n) is 0.715. The molecule has 1 heterocycles. The molecular formula is C7H9NOS. The second-order valence-corrected chi connectivity index (χ2v) is 2.70. The first-order valence-electron chi connectivity index (χ1n) is 3.01. The topological polar surface area (TPSA) is 26.9 Å². The van der Waals surface area contributed by atoms with E-state index in [1.165, 1.54) is 0 Å². The first-order chi connectivity index (χ1) is 4.63. The van der Waals surface area contributed by atoms with Crippen LogP contribution >= 0.6 is 12.6 Å². The Morgan fingerprint density at radius 3 is 2.50 bits per heavy atom. The highest BCUT2D eigenvalue weighted by molar-refractivity contribution is 7.80. The van der Waals surface area contributed by atoms with E-state index < -0.39 is 0 Å². The Kier molecular flexibility index (Phi) is 1.85. The van der Waals surface area contributed by atoms with Gasteiger partial charge in [-0.3, -0.25) is 0 Å². The van der Waals surface area contributed by atoms with Crippen molar-refractivity contribution in [1.29, 1.82) is 0 Å². The zero-order chi connectivity index (χ0) is 7.72. The Balaban J connectivity index is 3.34. The van der Waals surface area contributed by atoms with Gasteiger partial charge >= 0.3 is 0 Å². The Labute approximate surface area is 65.5 Å². The molecule has 0 atom stereocenters. The molecule has 2 nitrogen and oxygen atoms in total. The highest BCUT2D eigenvalue weighted by Gasteiger charge is 2.05. The number of nitrogens with zero attached hydrogens (tertiary/aromatic N) is 1. The summed E-state index contributed by atoms with van der Waals surface area (Å²) in [5.74, 6) is 0. The van der Waals surface area contributed by atoms with Gasteiger partial charge in [0.15, 0.2) is 5.69 Å². The molecule has 0 saturated carbocycles. The standard InChI is InChI=1S/C7H9NOS/c1-5-3-4-6(2)8(9)7(5)10/h3-4,10H,1-2H3. The second kappa shape index (κ2) is 2.50. The summed E-state index contributed by atoms with van der Waals surface area (Å²) in [6.07, 6.45) is 0. The highest BCUT2D eigenvalue weighted by Crippen LogP contribution is 2.06. The molecular weight excluding hydrogens is 146 g/mol. The lowest BCUT2D eigenvalue weighted by molar-refractivity contribution is -0.652. The van der Waals surface area contributed by atoms with E-state index in [9.17, 15) is 5.21 Å². The smallest absolute Gasteiger partial charge is 0.251 e. The molecule has 1 rings (SSSR count). The molecule has 0 bridgehead atoms. The Morgan fingerprint density at radius 1 is 1.40 bits per heavy atom. The molecule has 0 unspecified atom stereocenters. The second-order valence-electron chi connectivity index (χ2n) is 2.28. The molecule has 0 amide bonds. The Bertz CT molecular complexity index is 233. The third kappa shape index (κ3) is 1.09. The summed E-state index contributed by atoms with van der Waals surface area (Å²) in [6.45, 7) is 3.61. The monoisotopic (exact) mass is 155 g/mol. The number of thiol groups is 1. The minimum Gasteiger partial charge on any atom is -0.618 e. The zero-order valence-electron chi connectivity index (χ0n) is 5.96. The number of aryl methyl sites for hydroxylation is 2. The van der Waals surface area contributed by atoms with Gasteiger partial charge < -0.3 is 5.21 Å². The summed E-state index contributed by atoms with van der Waals surface area (Å²) < 4.78 is 0.818. The third-order valence-corrected chi connectivity index (χ3v) is 1.97.